The smallest absolute Gasteiger partial charge is 0.328 e. The summed E-state index contributed by atoms with van der Waals surface area (Å²) in [5.41, 5.74) is 0. The fourth-order valence-corrected chi connectivity index (χ4v) is 4.50. The molecule has 0 spiro atoms. The van der Waals surface area contributed by atoms with Crippen molar-refractivity contribution >= 4 is 71.0 Å². The maximum atomic E-state index is 12.3. The summed E-state index contributed by atoms with van der Waals surface area (Å²) in [6.07, 6.45) is 0.763. The number of thiophene rings is 1. The summed E-state index contributed by atoms with van der Waals surface area (Å²) in [5, 5.41) is 2.74. The molecule has 1 unspecified atom stereocenters. The number of carbonyl (C=O) groups is 2. The summed E-state index contributed by atoms with van der Waals surface area (Å²) in [6, 6.07) is -0.649. The van der Waals surface area contributed by atoms with Crippen LogP contribution in [0.2, 0.25) is 0 Å². The third-order valence-electron chi connectivity index (χ3n) is 2.92. The molecule has 1 amide bonds. The summed E-state index contributed by atoms with van der Waals surface area (Å²) in [6.45, 7) is 3.86. The minimum atomic E-state index is -0.649. The van der Waals surface area contributed by atoms with Crippen molar-refractivity contribution in [1.82, 2.24) is 5.32 Å². The van der Waals surface area contributed by atoms with Gasteiger partial charge < -0.3 is 10.1 Å². The zero-order valence-electron chi connectivity index (χ0n) is 11.1. The molecule has 1 aromatic heterocycles. The molecule has 1 rings (SSSR count). The van der Waals surface area contributed by atoms with Crippen molar-refractivity contribution in [2.45, 2.75) is 26.3 Å². The summed E-state index contributed by atoms with van der Waals surface area (Å²) in [4.78, 5) is 24.6. The Labute approximate surface area is 147 Å². The Morgan fingerprint density at radius 1 is 1.30 bits per heavy atom. The minimum Gasteiger partial charge on any atom is -0.467 e. The lowest BCUT2D eigenvalue weighted by molar-refractivity contribution is -0.144. The molecule has 0 radical (unpaired) electrons. The molecule has 2 atom stereocenters. The molecule has 0 aliphatic carbocycles. The fraction of sp³-hybridized carbons (Fsp3) is 0.500. The summed E-state index contributed by atoms with van der Waals surface area (Å²) >= 11 is 11.4. The lowest BCUT2D eigenvalue weighted by Crippen LogP contribution is -2.45. The standard InChI is InChI=1S/C12H14Br3NO3S/c1-4-5(2)8(12(18)19-3)16-11(17)9-6(13)7(14)10(15)20-9/h5,8H,4H2,1-3H3,(H,16,17)/t5?,8-/m0/s1. The number of amides is 1. The van der Waals surface area contributed by atoms with E-state index in [1.807, 2.05) is 13.8 Å². The van der Waals surface area contributed by atoms with E-state index in [1.54, 1.807) is 0 Å². The van der Waals surface area contributed by atoms with Crippen LogP contribution in [-0.4, -0.2) is 25.0 Å². The summed E-state index contributed by atoms with van der Waals surface area (Å²) in [7, 11) is 1.32. The summed E-state index contributed by atoms with van der Waals surface area (Å²) < 4.78 is 7.01. The largest absolute Gasteiger partial charge is 0.467 e. The number of rotatable bonds is 5. The van der Waals surface area contributed by atoms with Gasteiger partial charge in [0.25, 0.3) is 5.91 Å². The molecule has 0 saturated heterocycles. The Kier molecular flexibility index (Phi) is 7.17. The number of methoxy groups -OCH3 is 1. The van der Waals surface area contributed by atoms with E-state index in [9.17, 15) is 9.59 Å². The molecule has 112 valence electrons. The molecule has 0 saturated carbocycles. The molecule has 0 aliphatic heterocycles. The predicted molar refractivity (Wildman–Crippen MR) is 90.1 cm³/mol. The normalized spacial score (nSPS) is 13.7. The van der Waals surface area contributed by atoms with Gasteiger partial charge in [0, 0.05) is 0 Å². The van der Waals surface area contributed by atoms with Crippen LogP contribution in [-0.2, 0) is 9.53 Å². The second kappa shape index (κ2) is 7.91. The van der Waals surface area contributed by atoms with Crippen LogP contribution >= 0.6 is 59.1 Å². The van der Waals surface area contributed by atoms with Crippen LogP contribution in [0.1, 0.15) is 29.9 Å². The van der Waals surface area contributed by atoms with Crippen LogP contribution in [0.4, 0.5) is 0 Å². The molecule has 20 heavy (non-hydrogen) atoms. The van der Waals surface area contributed by atoms with Gasteiger partial charge in [-0.2, -0.15) is 0 Å². The van der Waals surface area contributed by atoms with Gasteiger partial charge >= 0.3 is 5.97 Å². The number of halogens is 3. The molecule has 0 bridgehead atoms. The predicted octanol–water partition coefficient (Wildman–Crippen LogP) is 4.35. The molecule has 4 nitrogen and oxygen atoms in total. The first-order valence-electron chi connectivity index (χ1n) is 5.85. The molecular weight excluding hydrogens is 478 g/mol. The zero-order valence-corrected chi connectivity index (χ0v) is 16.7. The van der Waals surface area contributed by atoms with Crippen molar-refractivity contribution in [2.24, 2.45) is 5.92 Å². The number of hydrogen-bond acceptors (Lipinski definition) is 4. The van der Waals surface area contributed by atoms with E-state index in [2.05, 4.69) is 53.1 Å². The van der Waals surface area contributed by atoms with Crippen LogP contribution in [0.15, 0.2) is 12.7 Å². The van der Waals surface area contributed by atoms with Gasteiger partial charge in [0.2, 0.25) is 0 Å². The number of nitrogens with one attached hydrogen (secondary N) is 1. The van der Waals surface area contributed by atoms with Crippen molar-refractivity contribution in [3.8, 4) is 0 Å². The number of esters is 1. The monoisotopic (exact) mass is 489 g/mol. The van der Waals surface area contributed by atoms with Gasteiger partial charge in [0.15, 0.2) is 0 Å². The molecule has 1 heterocycles. The molecule has 1 N–H and O–H groups in total. The highest BCUT2D eigenvalue weighted by Crippen LogP contribution is 2.40. The van der Waals surface area contributed by atoms with E-state index in [0.29, 0.717) is 9.35 Å². The molecule has 8 heteroatoms. The van der Waals surface area contributed by atoms with E-state index >= 15 is 0 Å². The number of hydrogen-bond donors (Lipinski definition) is 1. The Bertz CT molecular complexity index is 518. The lowest BCUT2D eigenvalue weighted by atomic mass is 9.99. The van der Waals surface area contributed by atoms with Crippen LogP contribution in [0.25, 0.3) is 0 Å². The van der Waals surface area contributed by atoms with Crippen LogP contribution in [0, 0.1) is 5.92 Å². The molecule has 0 aromatic carbocycles. The van der Waals surface area contributed by atoms with Crippen molar-refractivity contribution in [1.29, 1.82) is 0 Å². The first kappa shape index (κ1) is 18.1. The van der Waals surface area contributed by atoms with Crippen LogP contribution in [0.3, 0.4) is 0 Å². The molecule has 1 aromatic rings. The first-order chi connectivity index (χ1) is 9.33. The van der Waals surface area contributed by atoms with Crippen molar-refractivity contribution in [3.63, 3.8) is 0 Å². The van der Waals surface area contributed by atoms with Crippen LogP contribution in [0.5, 0.6) is 0 Å². The lowest BCUT2D eigenvalue weighted by Gasteiger charge is -2.21. The third kappa shape index (κ3) is 4.05. The Balaban J connectivity index is 2.96. The van der Waals surface area contributed by atoms with E-state index < -0.39 is 12.0 Å². The van der Waals surface area contributed by atoms with Crippen molar-refractivity contribution in [3.05, 3.63) is 17.6 Å². The van der Waals surface area contributed by atoms with E-state index in [4.69, 9.17) is 4.74 Å². The zero-order chi connectivity index (χ0) is 15.4. The highest BCUT2D eigenvalue weighted by atomic mass is 79.9. The highest BCUT2D eigenvalue weighted by molar-refractivity contribution is 9.14. The van der Waals surface area contributed by atoms with Crippen LogP contribution < -0.4 is 5.32 Å². The van der Waals surface area contributed by atoms with Gasteiger partial charge in [-0.05, 0) is 53.7 Å². The molecule has 0 aliphatic rings. The Morgan fingerprint density at radius 2 is 1.90 bits per heavy atom. The van der Waals surface area contributed by atoms with Gasteiger partial charge in [-0.15, -0.1) is 11.3 Å². The van der Waals surface area contributed by atoms with Crippen molar-refractivity contribution < 1.29 is 14.3 Å². The van der Waals surface area contributed by atoms with E-state index in [-0.39, 0.29) is 11.8 Å². The van der Waals surface area contributed by atoms with Gasteiger partial charge in [-0.3, -0.25) is 4.79 Å². The SMILES string of the molecule is CCC(C)[C@H](NC(=O)c1sc(Br)c(Br)c1Br)C(=O)OC. The Hall–Kier alpha value is 0.0800. The average molecular weight is 492 g/mol. The summed E-state index contributed by atoms with van der Waals surface area (Å²) in [5.74, 6) is -0.737. The maximum absolute atomic E-state index is 12.3. The fourth-order valence-electron chi connectivity index (χ4n) is 1.51. The van der Waals surface area contributed by atoms with Crippen molar-refractivity contribution in [2.75, 3.05) is 7.11 Å². The van der Waals surface area contributed by atoms with E-state index in [1.165, 1.54) is 18.4 Å². The number of ether oxygens (including phenoxy) is 1. The Morgan fingerprint density at radius 3 is 2.30 bits per heavy atom. The topological polar surface area (TPSA) is 55.4 Å². The van der Waals surface area contributed by atoms with Gasteiger partial charge in [0.05, 0.1) is 19.8 Å². The number of carbonyl (C=O) groups excluding carboxylic acids is 2. The van der Waals surface area contributed by atoms with Gasteiger partial charge in [-0.1, -0.05) is 20.3 Å². The maximum Gasteiger partial charge on any atom is 0.328 e. The minimum absolute atomic E-state index is 0.00276. The highest BCUT2D eigenvalue weighted by Gasteiger charge is 2.29. The second-order valence-electron chi connectivity index (χ2n) is 4.19. The second-order valence-corrected chi connectivity index (χ2v) is 8.12. The third-order valence-corrected chi connectivity index (χ3v) is 7.95. The van der Waals surface area contributed by atoms with Gasteiger partial charge in [0.1, 0.15) is 10.9 Å². The first-order valence-corrected chi connectivity index (χ1v) is 9.04. The molecular formula is C12H14Br3NO3S. The molecule has 0 fully saturated rings. The quantitative estimate of drug-likeness (QED) is 0.623. The average Bonchev–Trinajstić information content (AvgIpc) is 2.70. The van der Waals surface area contributed by atoms with Gasteiger partial charge in [-0.25, -0.2) is 4.79 Å². The van der Waals surface area contributed by atoms with E-state index in [0.717, 1.165) is 14.7 Å².